The van der Waals surface area contributed by atoms with Gasteiger partial charge < -0.3 is 0 Å². The van der Waals surface area contributed by atoms with Crippen LogP contribution in [0.5, 0.6) is 0 Å². The first-order valence-corrected chi connectivity index (χ1v) is 13.9. The van der Waals surface area contributed by atoms with E-state index in [9.17, 15) is 0 Å². The lowest BCUT2D eigenvalue weighted by atomic mass is 9.84. The van der Waals surface area contributed by atoms with Crippen molar-refractivity contribution in [1.82, 2.24) is 0 Å². The zero-order valence-electron chi connectivity index (χ0n) is 21.9. The summed E-state index contributed by atoms with van der Waals surface area (Å²) in [5.74, 6) is 0. The van der Waals surface area contributed by atoms with E-state index in [1.165, 1.54) is 86.9 Å². The second-order valence-electron chi connectivity index (χ2n) is 10.9. The molecule has 0 saturated carbocycles. The molecular formula is C40H24. The van der Waals surface area contributed by atoms with E-state index in [-0.39, 0.29) is 0 Å². The summed E-state index contributed by atoms with van der Waals surface area (Å²) in [7, 11) is 0. The largest absolute Gasteiger partial charge is 0.0616 e. The predicted molar refractivity (Wildman–Crippen MR) is 174 cm³/mol. The van der Waals surface area contributed by atoms with E-state index < -0.39 is 0 Å². The van der Waals surface area contributed by atoms with Gasteiger partial charge in [0, 0.05) is 0 Å². The van der Waals surface area contributed by atoms with Gasteiger partial charge in [-0.15, -0.1) is 0 Å². The molecule has 0 aliphatic carbocycles. The molecule has 0 atom stereocenters. The van der Waals surface area contributed by atoms with Gasteiger partial charge in [-0.25, -0.2) is 0 Å². The fourth-order valence-electron chi connectivity index (χ4n) is 7.04. The van der Waals surface area contributed by atoms with E-state index in [0.29, 0.717) is 0 Å². The summed E-state index contributed by atoms with van der Waals surface area (Å²) in [6.45, 7) is 0. The average Bonchev–Trinajstić information content (AvgIpc) is 3.02. The first kappa shape index (κ1) is 21.7. The van der Waals surface area contributed by atoms with Gasteiger partial charge in [-0.05, 0) is 99.0 Å². The fraction of sp³-hybridized carbons (Fsp3) is 0. The molecule has 0 heterocycles. The van der Waals surface area contributed by atoms with Crippen molar-refractivity contribution in [2.24, 2.45) is 0 Å². The molecule has 0 heteroatoms. The normalized spacial score (nSPS) is 12.0. The lowest BCUT2D eigenvalue weighted by Gasteiger charge is -2.19. The molecule has 0 bridgehead atoms. The minimum Gasteiger partial charge on any atom is -0.0616 e. The summed E-state index contributed by atoms with van der Waals surface area (Å²) < 4.78 is 0. The highest BCUT2D eigenvalue weighted by Crippen LogP contribution is 2.45. The van der Waals surface area contributed by atoms with Crippen LogP contribution in [0.2, 0.25) is 0 Å². The van der Waals surface area contributed by atoms with Crippen LogP contribution < -0.4 is 0 Å². The molecule has 9 rings (SSSR count). The molecule has 0 amide bonds. The lowest BCUT2D eigenvalue weighted by molar-refractivity contribution is 1.69. The zero-order chi connectivity index (χ0) is 26.2. The Morgan fingerprint density at radius 1 is 0.225 bits per heavy atom. The van der Waals surface area contributed by atoms with Crippen LogP contribution in [-0.4, -0.2) is 0 Å². The van der Waals surface area contributed by atoms with Gasteiger partial charge in [-0.3, -0.25) is 0 Å². The van der Waals surface area contributed by atoms with Crippen LogP contribution in [0.15, 0.2) is 146 Å². The molecule has 0 aliphatic rings. The molecule has 0 unspecified atom stereocenters. The van der Waals surface area contributed by atoms with Crippen LogP contribution in [0.25, 0.3) is 86.9 Å². The van der Waals surface area contributed by atoms with E-state index in [1.54, 1.807) is 0 Å². The molecule has 184 valence electrons. The van der Waals surface area contributed by atoms with Crippen LogP contribution >= 0.6 is 0 Å². The topological polar surface area (TPSA) is 0 Å². The Morgan fingerprint density at radius 2 is 0.725 bits per heavy atom. The fourth-order valence-corrected chi connectivity index (χ4v) is 7.04. The van der Waals surface area contributed by atoms with Gasteiger partial charge in [0.15, 0.2) is 0 Å². The monoisotopic (exact) mass is 504 g/mol. The van der Waals surface area contributed by atoms with E-state index in [0.717, 1.165) is 0 Å². The van der Waals surface area contributed by atoms with Crippen LogP contribution in [0.3, 0.4) is 0 Å². The molecule has 0 saturated heterocycles. The molecular weight excluding hydrogens is 480 g/mol. The van der Waals surface area contributed by atoms with Crippen LogP contribution in [0.4, 0.5) is 0 Å². The maximum Gasteiger partial charge on any atom is -0.00199 e. The first-order valence-electron chi connectivity index (χ1n) is 13.9. The van der Waals surface area contributed by atoms with Crippen LogP contribution in [0.1, 0.15) is 0 Å². The zero-order valence-corrected chi connectivity index (χ0v) is 21.9. The van der Waals surface area contributed by atoms with Crippen LogP contribution in [-0.2, 0) is 0 Å². The summed E-state index contributed by atoms with van der Waals surface area (Å²) in [6.07, 6.45) is 0. The van der Waals surface area contributed by atoms with Gasteiger partial charge in [0.1, 0.15) is 0 Å². The highest BCUT2D eigenvalue weighted by atomic mass is 14.2. The molecule has 9 aromatic rings. The molecule has 0 N–H and O–H groups in total. The van der Waals surface area contributed by atoms with Crippen molar-refractivity contribution >= 4 is 64.6 Å². The quantitative estimate of drug-likeness (QED) is 0.162. The standard InChI is InChI=1S/C40H24/c1-3-14-29-25(9-1)11-5-16-31(29)33-18-8-19-34-36-22-21-27-13-7-20-35-38(24-28(23-37(33)34)40(36)39(27)35)32-17-6-12-26-10-2-4-15-30(26)32/h1-24H. The third-order valence-electron chi connectivity index (χ3n) is 8.78. The van der Waals surface area contributed by atoms with Gasteiger partial charge >= 0.3 is 0 Å². The Balaban J connectivity index is 1.46. The molecule has 9 aromatic carbocycles. The second-order valence-corrected chi connectivity index (χ2v) is 10.9. The Bertz CT molecular complexity index is 2420. The van der Waals surface area contributed by atoms with E-state index in [1.807, 2.05) is 0 Å². The van der Waals surface area contributed by atoms with E-state index in [4.69, 9.17) is 0 Å². The molecule has 0 fully saturated rings. The Hall–Kier alpha value is -5.20. The SMILES string of the molecule is c1ccc2c(-c3cccc4c3cc3cc(-c5cccc6ccccc56)c5cccc6ccc4c3c65)cccc2c1. The van der Waals surface area contributed by atoms with Crippen molar-refractivity contribution in [2.75, 3.05) is 0 Å². The van der Waals surface area contributed by atoms with E-state index >= 15 is 0 Å². The molecule has 0 aliphatic heterocycles. The molecule has 0 spiro atoms. The van der Waals surface area contributed by atoms with Crippen molar-refractivity contribution in [2.45, 2.75) is 0 Å². The highest BCUT2D eigenvalue weighted by Gasteiger charge is 2.18. The average molecular weight is 505 g/mol. The summed E-state index contributed by atoms with van der Waals surface area (Å²) in [4.78, 5) is 0. The van der Waals surface area contributed by atoms with Gasteiger partial charge in [-0.1, -0.05) is 133 Å². The minimum absolute atomic E-state index is 1.27. The van der Waals surface area contributed by atoms with Gasteiger partial charge in [0.2, 0.25) is 0 Å². The number of benzene rings is 9. The Labute approximate surface area is 232 Å². The highest BCUT2D eigenvalue weighted by molar-refractivity contribution is 6.32. The Morgan fingerprint density at radius 3 is 1.48 bits per heavy atom. The van der Waals surface area contributed by atoms with Crippen molar-refractivity contribution in [3.8, 4) is 22.3 Å². The Kier molecular flexibility index (Phi) is 4.42. The second kappa shape index (κ2) is 8.15. The number of rotatable bonds is 2. The van der Waals surface area contributed by atoms with E-state index in [2.05, 4.69) is 146 Å². The first-order chi connectivity index (χ1) is 19.8. The van der Waals surface area contributed by atoms with Crippen molar-refractivity contribution in [3.05, 3.63) is 146 Å². The summed E-state index contributed by atoms with van der Waals surface area (Å²) in [5.41, 5.74) is 5.15. The maximum absolute atomic E-state index is 2.44. The van der Waals surface area contributed by atoms with Gasteiger partial charge in [-0.2, -0.15) is 0 Å². The number of hydrogen-bond acceptors (Lipinski definition) is 0. The van der Waals surface area contributed by atoms with Gasteiger partial charge in [0.25, 0.3) is 0 Å². The summed E-state index contributed by atoms with van der Waals surface area (Å²) in [6, 6.07) is 53.8. The number of fused-ring (bicyclic) bond motifs is 4. The smallest absolute Gasteiger partial charge is 0.00199 e. The molecule has 40 heavy (non-hydrogen) atoms. The predicted octanol–water partition coefficient (Wildman–Crippen LogP) is 11.4. The number of hydrogen-bond donors (Lipinski definition) is 0. The lowest BCUT2D eigenvalue weighted by Crippen LogP contribution is -1.91. The molecule has 0 nitrogen and oxygen atoms in total. The molecule has 0 radical (unpaired) electrons. The van der Waals surface area contributed by atoms with Gasteiger partial charge in [0.05, 0.1) is 0 Å². The minimum atomic E-state index is 1.27. The third-order valence-corrected chi connectivity index (χ3v) is 8.78. The van der Waals surface area contributed by atoms with Crippen molar-refractivity contribution in [3.63, 3.8) is 0 Å². The third kappa shape index (κ3) is 2.96. The van der Waals surface area contributed by atoms with Crippen molar-refractivity contribution < 1.29 is 0 Å². The van der Waals surface area contributed by atoms with Crippen LogP contribution in [0, 0.1) is 0 Å². The summed E-state index contributed by atoms with van der Waals surface area (Å²) in [5, 5.41) is 15.7. The molecule has 0 aromatic heterocycles. The van der Waals surface area contributed by atoms with Crippen molar-refractivity contribution in [1.29, 1.82) is 0 Å². The summed E-state index contributed by atoms with van der Waals surface area (Å²) >= 11 is 0. The maximum atomic E-state index is 2.44.